The fraction of sp³-hybridized carbons (Fsp3) is 0.0909. The van der Waals surface area contributed by atoms with Gasteiger partial charge in [-0.05, 0) is 28.1 Å². The lowest BCUT2D eigenvalue weighted by Gasteiger charge is -2.03. The molecule has 0 fully saturated rings. The van der Waals surface area contributed by atoms with Gasteiger partial charge in [0.05, 0.1) is 10.7 Å². The average molecular weight is 403 g/mol. The summed E-state index contributed by atoms with van der Waals surface area (Å²) in [5, 5.41) is 17.4. The van der Waals surface area contributed by atoms with E-state index in [-0.39, 0.29) is 18.2 Å². The summed E-state index contributed by atoms with van der Waals surface area (Å²) in [4.78, 5) is 15.2. The van der Waals surface area contributed by atoms with Gasteiger partial charge in [-0.15, -0.1) is 0 Å². The number of rotatable bonds is 4. The quantitative estimate of drug-likeness (QED) is 0.600. The van der Waals surface area contributed by atoms with Crippen LogP contribution >= 0.6 is 31.9 Å². The molecular weight excluding hydrogens is 394 g/mol. The van der Waals surface area contributed by atoms with Gasteiger partial charge in [-0.3, -0.25) is 4.79 Å². The molecule has 0 radical (unpaired) electrons. The minimum Gasteiger partial charge on any atom is -0.506 e. The average Bonchev–Trinajstić information content (AvgIpc) is 2.87. The van der Waals surface area contributed by atoms with Crippen LogP contribution in [0.3, 0.4) is 0 Å². The van der Waals surface area contributed by atoms with Crippen molar-refractivity contribution in [3.63, 3.8) is 0 Å². The Morgan fingerprint density at radius 2 is 2.30 bits per heavy atom. The van der Waals surface area contributed by atoms with Crippen LogP contribution in [-0.2, 0) is 11.3 Å². The van der Waals surface area contributed by atoms with Crippen LogP contribution in [0.2, 0.25) is 0 Å². The molecule has 0 aliphatic heterocycles. The first-order valence-electron chi connectivity index (χ1n) is 5.38. The van der Waals surface area contributed by atoms with Crippen LogP contribution in [0.1, 0.15) is 5.56 Å². The normalized spacial score (nSPS) is 10.9. The van der Waals surface area contributed by atoms with E-state index < -0.39 is 0 Å². The molecule has 7 nitrogen and oxygen atoms in total. The smallest absolute Gasteiger partial charge is 0.261 e. The van der Waals surface area contributed by atoms with Gasteiger partial charge in [0.15, 0.2) is 0 Å². The summed E-state index contributed by atoms with van der Waals surface area (Å²) in [5.74, 6) is -0.303. The van der Waals surface area contributed by atoms with Crippen LogP contribution < -0.4 is 5.43 Å². The Morgan fingerprint density at radius 1 is 1.50 bits per heavy atom. The number of amides is 1. The van der Waals surface area contributed by atoms with Crippen molar-refractivity contribution in [3.05, 3.63) is 39.3 Å². The van der Waals surface area contributed by atoms with E-state index in [1.807, 2.05) is 0 Å². The molecule has 0 aliphatic carbocycles. The highest BCUT2D eigenvalue weighted by atomic mass is 79.9. The van der Waals surface area contributed by atoms with Crippen molar-refractivity contribution in [3.8, 4) is 5.75 Å². The van der Waals surface area contributed by atoms with E-state index >= 15 is 0 Å². The van der Waals surface area contributed by atoms with Gasteiger partial charge in [-0.2, -0.15) is 10.2 Å². The van der Waals surface area contributed by atoms with Gasteiger partial charge >= 0.3 is 0 Å². The fourth-order valence-electron chi connectivity index (χ4n) is 1.35. The minimum atomic E-state index is -0.347. The molecule has 0 unspecified atom stereocenters. The number of nitrogens with one attached hydrogen (secondary N) is 1. The van der Waals surface area contributed by atoms with E-state index in [1.54, 1.807) is 12.1 Å². The van der Waals surface area contributed by atoms with Crippen molar-refractivity contribution in [1.82, 2.24) is 20.2 Å². The van der Waals surface area contributed by atoms with Gasteiger partial charge in [-0.1, -0.05) is 15.9 Å². The first-order chi connectivity index (χ1) is 9.56. The number of halogens is 2. The maximum atomic E-state index is 11.5. The van der Waals surface area contributed by atoms with E-state index in [1.165, 1.54) is 23.6 Å². The van der Waals surface area contributed by atoms with Crippen molar-refractivity contribution in [2.24, 2.45) is 5.10 Å². The highest BCUT2D eigenvalue weighted by Crippen LogP contribution is 2.30. The van der Waals surface area contributed by atoms with Crippen molar-refractivity contribution >= 4 is 44.0 Å². The monoisotopic (exact) mass is 401 g/mol. The van der Waals surface area contributed by atoms with Gasteiger partial charge in [0.2, 0.25) is 0 Å². The molecule has 0 bridgehead atoms. The molecular formula is C11H9Br2N5O2. The zero-order valence-corrected chi connectivity index (χ0v) is 13.2. The predicted octanol–water partition coefficient (Wildman–Crippen LogP) is 1.66. The molecule has 0 saturated heterocycles. The van der Waals surface area contributed by atoms with Crippen LogP contribution in [-0.4, -0.2) is 32.0 Å². The van der Waals surface area contributed by atoms with Crippen molar-refractivity contribution in [2.75, 3.05) is 0 Å². The SMILES string of the molecule is O=C(Cn1cncn1)N/N=C/c1cc(Br)cc(Br)c1O. The molecule has 2 aromatic rings. The topological polar surface area (TPSA) is 92.4 Å². The van der Waals surface area contributed by atoms with Crippen LogP contribution in [0, 0.1) is 0 Å². The lowest BCUT2D eigenvalue weighted by atomic mass is 10.2. The molecule has 2 N–H and O–H groups in total. The van der Waals surface area contributed by atoms with Crippen LogP contribution in [0.15, 0.2) is 38.8 Å². The second-order valence-electron chi connectivity index (χ2n) is 3.71. The first-order valence-corrected chi connectivity index (χ1v) is 6.97. The van der Waals surface area contributed by atoms with E-state index in [0.29, 0.717) is 10.0 Å². The third kappa shape index (κ3) is 3.87. The number of aromatic nitrogens is 3. The number of phenols is 1. The first kappa shape index (κ1) is 14.7. The van der Waals surface area contributed by atoms with Crippen molar-refractivity contribution in [2.45, 2.75) is 6.54 Å². The molecule has 1 heterocycles. The van der Waals surface area contributed by atoms with Gasteiger partial charge in [0.25, 0.3) is 5.91 Å². The van der Waals surface area contributed by atoms with E-state index in [4.69, 9.17) is 0 Å². The molecule has 1 amide bonds. The Morgan fingerprint density at radius 3 is 3.00 bits per heavy atom. The Balaban J connectivity index is 1.98. The molecule has 1 aromatic carbocycles. The van der Waals surface area contributed by atoms with Crippen LogP contribution in [0.25, 0.3) is 0 Å². The van der Waals surface area contributed by atoms with E-state index in [2.05, 4.69) is 52.5 Å². The summed E-state index contributed by atoms with van der Waals surface area (Å²) in [5.41, 5.74) is 2.80. The zero-order valence-electron chi connectivity index (χ0n) is 9.99. The van der Waals surface area contributed by atoms with Crippen LogP contribution in [0.4, 0.5) is 0 Å². The lowest BCUT2D eigenvalue weighted by molar-refractivity contribution is -0.121. The molecule has 20 heavy (non-hydrogen) atoms. The molecule has 0 atom stereocenters. The number of hydrogen-bond donors (Lipinski definition) is 2. The third-order valence-corrected chi connectivity index (χ3v) is 3.29. The van der Waals surface area contributed by atoms with E-state index in [9.17, 15) is 9.90 Å². The maximum Gasteiger partial charge on any atom is 0.261 e. The van der Waals surface area contributed by atoms with E-state index in [0.717, 1.165) is 4.47 Å². The molecule has 0 spiro atoms. The summed E-state index contributed by atoms with van der Waals surface area (Å²) >= 11 is 6.51. The van der Waals surface area contributed by atoms with Gasteiger partial charge in [0.1, 0.15) is 24.9 Å². The Kier molecular flexibility index (Phi) is 4.85. The number of benzene rings is 1. The highest BCUT2D eigenvalue weighted by Gasteiger charge is 2.06. The van der Waals surface area contributed by atoms with Crippen molar-refractivity contribution < 1.29 is 9.90 Å². The molecule has 104 valence electrons. The number of nitrogens with zero attached hydrogens (tertiary/aromatic N) is 4. The molecule has 9 heteroatoms. The minimum absolute atomic E-state index is 0.0193. The van der Waals surface area contributed by atoms with Gasteiger partial charge in [-0.25, -0.2) is 15.1 Å². The summed E-state index contributed by atoms with van der Waals surface area (Å²) in [6.07, 6.45) is 4.12. The summed E-state index contributed by atoms with van der Waals surface area (Å²) in [7, 11) is 0. The number of hydrogen-bond acceptors (Lipinski definition) is 5. The highest BCUT2D eigenvalue weighted by molar-refractivity contribution is 9.11. The molecule has 1 aromatic heterocycles. The zero-order chi connectivity index (χ0) is 14.5. The Bertz CT molecular complexity index is 643. The number of aromatic hydroxyl groups is 1. The van der Waals surface area contributed by atoms with Gasteiger partial charge in [0, 0.05) is 10.0 Å². The Hall–Kier alpha value is -1.74. The lowest BCUT2D eigenvalue weighted by Crippen LogP contribution is -2.23. The number of carbonyl (C=O) groups is 1. The predicted molar refractivity (Wildman–Crippen MR) is 79.3 cm³/mol. The largest absolute Gasteiger partial charge is 0.506 e. The summed E-state index contributed by atoms with van der Waals surface area (Å²) in [6.45, 7) is 0.0193. The van der Waals surface area contributed by atoms with Gasteiger partial charge < -0.3 is 5.11 Å². The molecule has 0 aliphatic rings. The van der Waals surface area contributed by atoms with Crippen LogP contribution in [0.5, 0.6) is 5.75 Å². The number of carbonyl (C=O) groups excluding carboxylic acids is 1. The molecule has 0 saturated carbocycles. The second kappa shape index (κ2) is 6.62. The number of hydrazone groups is 1. The number of phenolic OH excluding ortho intramolecular Hbond substituents is 1. The maximum absolute atomic E-state index is 11.5. The Labute approximate surface area is 131 Å². The summed E-state index contributed by atoms with van der Waals surface area (Å²) in [6, 6.07) is 3.38. The standard InChI is InChI=1S/C11H9Br2N5O2/c12-8-1-7(11(20)9(13)2-8)3-15-17-10(19)4-18-6-14-5-16-18/h1-3,5-6,20H,4H2,(H,17,19)/b15-3+. The summed E-state index contributed by atoms with van der Waals surface area (Å²) < 4.78 is 2.68. The van der Waals surface area contributed by atoms with Crippen molar-refractivity contribution in [1.29, 1.82) is 0 Å². The third-order valence-electron chi connectivity index (χ3n) is 2.22. The molecule has 2 rings (SSSR count). The second-order valence-corrected chi connectivity index (χ2v) is 5.48. The fourth-order valence-corrected chi connectivity index (χ4v) is 2.61.